The van der Waals surface area contributed by atoms with Gasteiger partial charge in [0.1, 0.15) is 0 Å². The second-order valence-corrected chi connectivity index (χ2v) is 3.21. The summed E-state index contributed by atoms with van der Waals surface area (Å²) in [5, 5.41) is 8.40. The van der Waals surface area contributed by atoms with Crippen molar-refractivity contribution >= 4 is 17.8 Å². The third kappa shape index (κ3) is 1.76. The molecule has 1 aromatic rings. The Morgan fingerprint density at radius 2 is 1.71 bits per heavy atom. The van der Waals surface area contributed by atoms with Crippen LogP contribution < -0.4 is 0 Å². The van der Waals surface area contributed by atoms with Crippen LogP contribution in [0.25, 0.3) is 0 Å². The molecular formula is C10H6FNO5. The first-order valence-corrected chi connectivity index (χ1v) is 4.54. The van der Waals surface area contributed by atoms with Gasteiger partial charge >= 0.3 is 12.3 Å². The van der Waals surface area contributed by atoms with Crippen LogP contribution in [0.1, 0.15) is 20.7 Å². The van der Waals surface area contributed by atoms with Gasteiger partial charge in [0.15, 0.2) is 0 Å². The molecule has 0 radical (unpaired) electrons. The molecule has 0 saturated carbocycles. The Balaban J connectivity index is 2.27. The Labute approximate surface area is 94.2 Å². The zero-order valence-electron chi connectivity index (χ0n) is 8.29. The van der Waals surface area contributed by atoms with Crippen molar-refractivity contribution < 1.29 is 28.7 Å². The number of carboxylic acids is 1. The second kappa shape index (κ2) is 3.95. The molecule has 1 aromatic carbocycles. The highest BCUT2D eigenvalue weighted by Gasteiger charge is 2.39. The fourth-order valence-corrected chi connectivity index (χ4v) is 1.40. The molecule has 1 atom stereocenters. The number of rotatable bonds is 3. The number of hydrogen-bond acceptors (Lipinski definition) is 4. The lowest BCUT2D eigenvalue weighted by atomic mass is 10.1. The van der Waals surface area contributed by atoms with Crippen molar-refractivity contribution in [3.8, 4) is 0 Å². The number of carbonyl (C=O) groups is 3. The summed E-state index contributed by atoms with van der Waals surface area (Å²) in [4.78, 5) is 37.5. The molecule has 7 heteroatoms. The van der Waals surface area contributed by atoms with Crippen molar-refractivity contribution in [3.05, 3.63) is 35.4 Å². The fourth-order valence-electron chi connectivity index (χ4n) is 1.40. The molecule has 2 amide bonds. The summed E-state index contributed by atoms with van der Waals surface area (Å²) in [7, 11) is 0. The summed E-state index contributed by atoms with van der Waals surface area (Å²) in [5.41, 5.74) is 0.102. The molecule has 2 rings (SSSR count). The lowest BCUT2D eigenvalue weighted by molar-refractivity contribution is -0.201. The molecule has 0 spiro atoms. The van der Waals surface area contributed by atoms with Crippen LogP contribution in [0.15, 0.2) is 24.3 Å². The van der Waals surface area contributed by atoms with Crippen LogP contribution in [0, 0.1) is 0 Å². The number of nitrogens with zero attached hydrogens (tertiary/aromatic N) is 1. The molecule has 0 bridgehead atoms. The maximum Gasteiger partial charge on any atom is 0.368 e. The molecule has 0 aliphatic carbocycles. The van der Waals surface area contributed by atoms with E-state index < -0.39 is 24.1 Å². The van der Waals surface area contributed by atoms with Gasteiger partial charge in [0.25, 0.3) is 11.8 Å². The summed E-state index contributed by atoms with van der Waals surface area (Å²) in [6.07, 6.45) is -2.77. The molecule has 1 aliphatic heterocycles. The molecule has 0 aromatic heterocycles. The summed E-state index contributed by atoms with van der Waals surface area (Å²) in [5.74, 6) is -3.68. The van der Waals surface area contributed by atoms with E-state index in [1.54, 1.807) is 0 Å². The predicted molar refractivity (Wildman–Crippen MR) is 50.6 cm³/mol. The van der Waals surface area contributed by atoms with Crippen LogP contribution in [-0.2, 0) is 9.63 Å². The Hall–Kier alpha value is -2.28. The minimum Gasteiger partial charge on any atom is -0.477 e. The van der Waals surface area contributed by atoms with Gasteiger partial charge in [-0.05, 0) is 12.1 Å². The normalized spacial score (nSPS) is 15.9. The van der Waals surface area contributed by atoms with Gasteiger partial charge in [-0.3, -0.25) is 9.59 Å². The van der Waals surface area contributed by atoms with Crippen molar-refractivity contribution in [2.45, 2.75) is 6.36 Å². The highest BCUT2D eigenvalue weighted by molar-refractivity contribution is 6.20. The highest BCUT2D eigenvalue weighted by atomic mass is 19.1. The van der Waals surface area contributed by atoms with Gasteiger partial charge in [0.2, 0.25) is 0 Å². The van der Waals surface area contributed by atoms with Crippen LogP contribution in [0.3, 0.4) is 0 Å². The summed E-state index contributed by atoms with van der Waals surface area (Å²) in [6.45, 7) is 0. The number of amides is 2. The Bertz CT molecular complexity index is 480. The second-order valence-electron chi connectivity index (χ2n) is 3.21. The Morgan fingerprint density at radius 1 is 1.24 bits per heavy atom. The Morgan fingerprint density at radius 3 is 2.12 bits per heavy atom. The molecule has 0 saturated heterocycles. The van der Waals surface area contributed by atoms with Gasteiger partial charge in [-0.2, -0.15) is 0 Å². The van der Waals surface area contributed by atoms with E-state index >= 15 is 0 Å². The van der Waals surface area contributed by atoms with Crippen molar-refractivity contribution in [1.29, 1.82) is 0 Å². The number of carboxylic acid groups (broad SMARTS) is 1. The number of alkyl halides is 1. The third-order valence-electron chi connectivity index (χ3n) is 2.15. The molecule has 1 unspecified atom stereocenters. The van der Waals surface area contributed by atoms with E-state index in [2.05, 4.69) is 4.84 Å². The number of aliphatic carboxylic acids is 1. The zero-order chi connectivity index (χ0) is 12.6. The van der Waals surface area contributed by atoms with E-state index in [9.17, 15) is 18.8 Å². The van der Waals surface area contributed by atoms with Gasteiger partial charge in [0.05, 0.1) is 11.1 Å². The van der Waals surface area contributed by atoms with E-state index in [0.29, 0.717) is 0 Å². The quantitative estimate of drug-likeness (QED) is 0.780. The van der Waals surface area contributed by atoms with E-state index in [0.717, 1.165) is 0 Å². The lowest BCUT2D eigenvalue weighted by Crippen LogP contribution is -2.36. The summed E-state index contributed by atoms with van der Waals surface area (Å²) < 4.78 is 12.8. The van der Waals surface area contributed by atoms with Crippen LogP contribution in [0.4, 0.5) is 4.39 Å². The number of imide groups is 1. The number of carbonyl (C=O) groups excluding carboxylic acids is 2. The minimum atomic E-state index is -2.77. The van der Waals surface area contributed by atoms with Crippen LogP contribution in [-0.4, -0.2) is 34.3 Å². The number of halogens is 1. The van der Waals surface area contributed by atoms with Gasteiger partial charge in [0, 0.05) is 0 Å². The van der Waals surface area contributed by atoms with Gasteiger partial charge in [-0.1, -0.05) is 12.1 Å². The molecule has 88 valence electrons. The first kappa shape index (κ1) is 11.2. The standard InChI is InChI=1S/C10H6FNO5/c11-7(10(15)16)17-12-8(13)5-3-1-2-4-6(5)9(12)14/h1-4,7H,(H,15,16). The van der Waals surface area contributed by atoms with Crippen LogP contribution >= 0.6 is 0 Å². The van der Waals surface area contributed by atoms with Crippen molar-refractivity contribution in [2.24, 2.45) is 0 Å². The fraction of sp³-hybridized carbons (Fsp3) is 0.100. The SMILES string of the molecule is O=C(O)C(F)ON1C(=O)c2ccccc2C1=O. The predicted octanol–water partition coefficient (Wildman–Crippen LogP) is 0.594. The highest BCUT2D eigenvalue weighted by Crippen LogP contribution is 2.23. The van der Waals surface area contributed by atoms with Gasteiger partial charge in [-0.15, -0.1) is 5.06 Å². The maximum atomic E-state index is 12.8. The van der Waals surface area contributed by atoms with Crippen LogP contribution in [0.5, 0.6) is 0 Å². The number of benzene rings is 1. The first-order chi connectivity index (χ1) is 8.02. The topological polar surface area (TPSA) is 83.9 Å². The monoisotopic (exact) mass is 239 g/mol. The average molecular weight is 239 g/mol. The van der Waals surface area contributed by atoms with Crippen molar-refractivity contribution in [2.75, 3.05) is 0 Å². The van der Waals surface area contributed by atoms with Crippen LogP contribution in [0.2, 0.25) is 0 Å². The average Bonchev–Trinajstić information content (AvgIpc) is 2.55. The number of hydrogen-bond donors (Lipinski definition) is 1. The van der Waals surface area contributed by atoms with E-state index in [1.807, 2.05) is 0 Å². The lowest BCUT2D eigenvalue weighted by Gasteiger charge is -2.13. The summed E-state index contributed by atoms with van der Waals surface area (Å²) in [6, 6.07) is 5.79. The maximum absolute atomic E-state index is 12.8. The van der Waals surface area contributed by atoms with Gasteiger partial charge in [-0.25, -0.2) is 14.0 Å². The largest absolute Gasteiger partial charge is 0.477 e. The van der Waals surface area contributed by atoms with Gasteiger partial charge < -0.3 is 5.11 Å². The van der Waals surface area contributed by atoms with E-state index in [1.165, 1.54) is 24.3 Å². The smallest absolute Gasteiger partial charge is 0.368 e. The number of fused-ring (bicyclic) bond motifs is 1. The molecular weight excluding hydrogens is 233 g/mol. The van der Waals surface area contributed by atoms with E-state index in [4.69, 9.17) is 5.11 Å². The van der Waals surface area contributed by atoms with E-state index in [-0.39, 0.29) is 16.2 Å². The molecule has 17 heavy (non-hydrogen) atoms. The minimum absolute atomic E-state index is 0.0510. The van der Waals surface area contributed by atoms with Crippen molar-refractivity contribution in [1.82, 2.24) is 5.06 Å². The zero-order valence-corrected chi connectivity index (χ0v) is 8.29. The summed E-state index contributed by atoms with van der Waals surface area (Å²) >= 11 is 0. The molecule has 1 N–H and O–H groups in total. The number of hydroxylamine groups is 2. The molecule has 1 heterocycles. The third-order valence-corrected chi connectivity index (χ3v) is 2.15. The first-order valence-electron chi connectivity index (χ1n) is 4.54. The van der Waals surface area contributed by atoms with Crippen molar-refractivity contribution in [3.63, 3.8) is 0 Å². The molecule has 6 nitrogen and oxygen atoms in total. The molecule has 0 fully saturated rings. The molecule has 1 aliphatic rings. The Kier molecular flexibility index (Phi) is 2.60.